The van der Waals surface area contributed by atoms with Crippen LogP contribution in [-0.4, -0.2) is 19.1 Å². The summed E-state index contributed by atoms with van der Waals surface area (Å²) in [6.07, 6.45) is 10.3. The minimum atomic E-state index is -0.746. The highest BCUT2D eigenvalue weighted by Crippen LogP contribution is 2.49. The van der Waals surface area contributed by atoms with E-state index < -0.39 is 5.66 Å². The molecule has 0 radical (unpaired) electrons. The highest BCUT2D eigenvalue weighted by Gasteiger charge is 2.52. The lowest BCUT2D eigenvalue weighted by molar-refractivity contribution is -0.130. The lowest BCUT2D eigenvalue weighted by atomic mass is 9.71. The molecule has 2 saturated carbocycles. The molecule has 1 amide bonds. The summed E-state index contributed by atoms with van der Waals surface area (Å²) in [4.78, 5) is 14.1. The molecular formula is C27H34ClN3O2. The molecule has 0 saturated heterocycles. The molecule has 2 aliphatic carbocycles. The van der Waals surface area contributed by atoms with Gasteiger partial charge in [0.15, 0.2) is 0 Å². The van der Waals surface area contributed by atoms with Crippen molar-refractivity contribution < 1.29 is 9.53 Å². The lowest BCUT2D eigenvalue weighted by Crippen LogP contribution is -2.56. The second kappa shape index (κ2) is 9.46. The quantitative estimate of drug-likeness (QED) is 0.466. The van der Waals surface area contributed by atoms with Crippen molar-refractivity contribution in [1.82, 2.24) is 5.32 Å². The van der Waals surface area contributed by atoms with Crippen LogP contribution >= 0.6 is 11.6 Å². The van der Waals surface area contributed by atoms with Crippen LogP contribution in [0.2, 0.25) is 5.02 Å². The number of anilines is 2. The number of amides is 1. The Labute approximate surface area is 201 Å². The maximum Gasteiger partial charge on any atom is 0.228 e. The molecule has 5 nitrogen and oxygen atoms in total. The third-order valence-electron chi connectivity index (χ3n) is 7.76. The maximum atomic E-state index is 14.1. The van der Waals surface area contributed by atoms with Crippen molar-refractivity contribution in [1.29, 1.82) is 0 Å². The molecule has 33 heavy (non-hydrogen) atoms. The van der Waals surface area contributed by atoms with Gasteiger partial charge in [-0.25, -0.2) is 0 Å². The average molecular weight is 468 g/mol. The molecule has 2 fully saturated rings. The van der Waals surface area contributed by atoms with Crippen LogP contribution in [-0.2, 0) is 10.5 Å². The Kier molecular flexibility index (Phi) is 6.42. The summed E-state index contributed by atoms with van der Waals surface area (Å²) in [7, 11) is 1.68. The zero-order chi connectivity index (χ0) is 22.8. The molecule has 0 bridgehead atoms. The van der Waals surface area contributed by atoms with Gasteiger partial charge in [-0.15, -0.1) is 0 Å². The number of hydrogen-bond acceptors (Lipinski definition) is 4. The minimum absolute atomic E-state index is 0.156. The Morgan fingerprint density at radius 2 is 1.64 bits per heavy atom. The summed E-state index contributed by atoms with van der Waals surface area (Å²) in [5.74, 6) is 0.994. The number of nitrogens with one attached hydrogen (secondary N) is 3. The number of methoxy groups -OCH3 is 1. The zero-order valence-electron chi connectivity index (χ0n) is 19.3. The summed E-state index contributed by atoms with van der Waals surface area (Å²) in [5, 5.41) is 11.7. The van der Waals surface area contributed by atoms with E-state index in [1.807, 2.05) is 42.5 Å². The van der Waals surface area contributed by atoms with E-state index in [1.54, 1.807) is 7.11 Å². The largest absolute Gasteiger partial charge is 0.497 e. The molecule has 0 aromatic heterocycles. The minimum Gasteiger partial charge on any atom is -0.497 e. The fraction of sp³-hybridized carbons (Fsp3) is 0.519. The van der Waals surface area contributed by atoms with Crippen LogP contribution in [0.25, 0.3) is 0 Å². The van der Waals surface area contributed by atoms with Gasteiger partial charge in [-0.1, -0.05) is 55.8 Å². The number of hydrogen-bond donors (Lipinski definition) is 3. The van der Waals surface area contributed by atoms with Gasteiger partial charge in [-0.3, -0.25) is 4.79 Å². The Morgan fingerprint density at radius 1 is 0.970 bits per heavy atom. The molecule has 5 rings (SSSR count). The topological polar surface area (TPSA) is 62.4 Å². The standard InChI is InChI=1S/C27H34ClN3O2/c1-33-22-15-16-23-24(17-22)31-27(30-23,19-11-13-20(28)14-12-19)25(18-7-3-2-4-8-18)26(32)29-21-9-5-6-10-21/h11-18,21,25,30-31H,2-10H2,1H3,(H,29,32). The van der Waals surface area contributed by atoms with Crippen LogP contribution < -0.4 is 20.7 Å². The Bertz CT molecular complexity index is 983. The van der Waals surface area contributed by atoms with E-state index >= 15 is 0 Å². The van der Waals surface area contributed by atoms with E-state index in [2.05, 4.69) is 16.0 Å². The van der Waals surface area contributed by atoms with Crippen LogP contribution in [0, 0.1) is 11.8 Å². The summed E-state index contributed by atoms with van der Waals surface area (Å²) in [5.41, 5.74) is 2.22. The maximum absolute atomic E-state index is 14.1. The lowest BCUT2D eigenvalue weighted by Gasteiger charge is -2.43. The second-order valence-corrected chi connectivity index (χ2v) is 10.3. The molecule has 1 heterocycles. The first-order valence-corrected chi connectivity index (χ1v) is 12.8. The third-order valence-corrected chi connectivity index (χ3v) is 8.01. The number of carbonyl (C=O) groups excluding carboxylic acids is 1. The van der Waals surface area contributed by atoms with E-state index in [1.165, 1.54) is 32.1 Å². The van der Waals surface area contributed by atoms with E-state index in [0.717, 1.165) is 48.4 Å². The zero-order valence-corrected chi connectivity index (χ0v) is 20.1. The number of halogens is 1. The van der Waals surface area contributed by atoms with Crippen LogP contribution in [0.3, 0.4) is 0 Å². The van der Waals surface area contributed by atoms with Crippen LogP contribution in [0.5, 0.6) is 5.75 Å². The fourth-order valence-electron chi connectivity index (χ4n) is 6.10. The summed E-state index contributed by atoms with van der Waals surface area (Å²) in [6, 6.07) is 14.2. The number of ether oxygens (including phenoxy) is 1. The van der Waals surface area contributed by atoms with Gasteiger partial charge in [0.2, 0.25) is 5.91 Å². The van der Waals surface area contributed by atoms with Crippen molar-refractivity contribution >= 4 is 28.9 Å². The summed E-state index contributed by atoms with van der Waals surface area (Å²) >= 11 is 6.26. The summed E-state index contributed by atoms with van der Waals surface area (Å²) in [6.45, 7) is 0. The van der Waals surface area contributed by atoms with Gasteiger partial charge in [-0.05, 0) is 61.4 Å². The molecule has 3 aliphatic rings. The van der Waals surface area contributed by atoms with Crippen molar-refractivity contribution in [2.75, 3.05) is 17.7 Å². The van der Waals surface area contributed by atoms with Crippen LogP contribution in [0.4, 0.5) is 11.4 Å². The molecule has 3 N–H and O–H groups in total. The van der Waals surface area contributed by atoms with Crippen molar-refractivity contribution in [3.05, 3.63) is 53.1 Å². The molecule has 0 spiro atoms. The first-order valence-electron chi connectivity index (χ1n) is 12.4. The molecular weight excluding hydrogens is 434 g/mol. The van der Waals surface area contributed by atoms with Crippen molar-refractivity contribution in [3.8, 4) is 5.75 Å². The van der Waals surface area contributed by atoms with Crippen LogP contribution in [0.15, 0.2) is 42.5 Å². The van der Waals surface area contributed by atoms with Crippen LogP contribution in [0.1, 0.15) is 63.4 Å². The van der Waals surface area contributed by atoms with Gasteiger partial charge in [-0.2, -0.15) is 0 Å². The molecule has 2 atom stereocenters. The molecule has 2 aromatic carbocycles. The van der Waals surface area contributed by atoms with Crippen molar-refractivity contribution in [3.63, 3.8) is 0 Å². The van der Waals surface area contributed by atoms with Gasteiger partial charge >= 0.3 is 0 Å². The number of fused-ring (bicyclic) bond motifs is 1. The Morgan fingerprint density at radius 3 is 2.33 bits per heavy atom. The highest BCUT2D eigenvalue weighted by atomic mass is 35.5. The van der Waals surface area contributed by atoms with E-state index in [9.17, 15) is 4.79 Å². The van der Waals surface area contributed by atoms with Gasteiger partial charge < -0.3 is 20.7 Å². The highest BCUT2D eigenvalue weighted by molar-refractivity contribution is 6.30. The molecule has 2 aromatic rings. The molecule has 1 aliphatic heterocycles. The number of benzene rings is 2. The van der Waals surface area contributed by atoms with Crippen molar-refractivity contribution in [2.24, 2.45) is 11.8 Å². The van der Waals surface area contributed by atoms with E-state index in [-0.39, 0.29) is 17.9 Å². The number of rotatable bonds is 6. The van der Waals surface area contributed by atoms with Gasteiger partial charge in [0.05, 0.1) is 24.4 Å². The first kappa shape index (κ1) is 22.4. The molecule has 2 unspecified atom stereocenters. The average Bonchev–Trinajstić information content (AvgIpc) is 3.48. The first-order chi connectivity index (χ1) is 16.1. The Hall–Kier alpha value is -2.40. The molecule has 6 heteroatoms. The SMILES string of the molecule is COc1ccc2c(c1)NC(c1ccc(Cl)cc1)(C(C(=O)NC1CCCC1)C1CCCCC1)N2. The predicted octanol–water partition coefficient (Wildman–Crippen LogP) is 6.29. The second-order valence-electron chi connectivity index (χ2n) is 9.84. The normalized spacial score (nSPS) is 23.9. The fourth-order valence-corrected chi connectivity index (χ4v) is 6.23. The monoisotopic (exact) mass is 467 g/mol. The van der Waals surface area contributed by atoms with Gasteiger partial charge in [0, 0.05) is 17.1 Å². The summed E-state index contributed by atoms with van der Waals surface area (Å²) < 4.78 is 5.48. The van der Waals surface area contributed by atoms with E-state index in [0.29, 0.717) is 10.9 Å². The molecule has 176 valence electrons. The predicted molar refractivity (Wildman–Crippen MR) is 134 cm³/mol. The van der Waals surface area contributed by atoms with Gasteiger partial charge in [0.1, 0.15) is 11.4 Å². The van der Waals surface area contributed by atoms with Crippen molar-refractivity contribution in [2.45, 2.75) is 69.5 Å². The Balaban J connectivity index is 1.58. The number of carbonyl (C=O) groups is 1. The smallest absolute Gasteiger partial charge is 0.228 e. The van der Waals surface area contributed by atoms with Gasteiger partial charge in [0.25, 0.3) is 0 Å². The third kappa shape index (κ3) is 4.40. The van der Waals surface area contributed by atoms with E-state index in [4.69, 9.17) is 16.3 Å².